The van der Waals surface area contributed by atoms with Crippen LogP contribution in [0.15, 0.2) is 30.5 Å². The first-order valence-electron chi connectivity index (χ1n) is 8.62. The van der Waals surface area contributed by atoms with E-state index >= 15 is 0 Å². The highest BCUT2D eigenvalue weighted by Gasteiger charge is 2.03. The largest absolute Gasteiger partial charge is 0.300 e. The molecule has 23 heavy (non-hydrogen) atoms. The summed E-state index contributed by atoms with van der Waals surface area (Å²) in [5.74, 6) is 0.306. The van der Waals surface area contributed by atoms with Gasteiger partial charge in [0, 0.05) is 18.5 Å². The van der Waals surface area contributed by atoms with E-state index in [1.54, 1.807) is 6.92 Å². The minimum atomic E-state index is 0.306. The predicted octanol–water partition coefficient (Wildman–Crippen LogP) is 4.57. The average Bonchev–Trinajstić information content (AvgIpc) is 2.99. The highest BCUT2D eigenvalue weighted by atomic mass is 16.1. The first-order valence-corrected chi connectivity index (χ1v) is 8.62. The zero-order valence-corrected chi connectivity index (χ0v) is 14.3. The minimum Gasteiger partial charge on any atom is -0.300 e. The third kappa shape index (κ3) is 6.35. The number of Topliss-reactive ketones (excluding diaryl/α,β-unsaturated/α-hetero) is 1. The van der Waals surface area contributed by atoms with Crippen molar-refractivity contribution in [3.63, 3.8) is 0 Å². The van der Waals surface area contributed by atoms with E-state index in [-0.39, 0.29) is 0 Å². The summed E-state index contributed by atoms with van der Waals surface area (Å²) in [6.07, 6.45) is 9.76. The Morgan fingerprint density at radius 3 is 2.35 bits per heavy atom. The van der Waals surface area contributed by atoms with Crippen molar-refractivity contribution in [1.29, 1.82) is 0 Å². The smallest absolute Gasteiger partial charge is 0.129 e. The molecule has 0 aliphatic carbocycles. The van der Waals surface area contributed by atoms with Gasteiger partial charge in [-0.15, -0.1) is 5.10 Å². The lowest BCUT2D eigenvalue weighted by Crippen LogP contribution is -1.98. The number of carbonyl (C=O) groups excluding carboxylic acids is 1. The molecule has 0 unspecified atom stereocenters. The number of nitrogens with zero attached hydrogens (tertiary/aromatic N) is 3. The van der Waals surface area contributed by atoms with E-state index in [4.69, 9.17) is 0 Å². The van der Waals surface area contributed by atoms with E-state index in [9.17, 15) is 4.79 Å². The van der Waals surface area contributed by atoms with E-state index in [1.807, 2.05) is 10.9 Å². The van der Waals surface area contributed by atoms with E-state index in [2.05, 4.69) is 41.5 Å². The molecule has 0 spiro atoms. The number of aryl methyl sites for hydroxylation is 2. The van der Waals surface area contributed by atoms with Crippen molar-refractivity contribution < 1.29 is 4.79 Å². The Labute approximate surface area is 138 Å². The van der Waals surface area contributed by atoms with Crippen molar-refractivity contribution >= 4 is 5.78 Å². The summed E-state index contributed by atoms with van der Waals surface area (Å²) in [4.78, 5) is 10.8. The van der Waals surface area contributed by atoms with E-state index in [0.717, 1.165) is 37.1 Å². The molecule has 0 saturated carbocycles. The fourth-order valence-corrected chi connectivity index (χ4v) is 2.62. The van der Waals surface area contributed by atoms with Crippen LogP contribution in [-0.2, 0) is 11.3 Å². The summed E-state index contributed by atoms with van der Waals surface area (Å²) in [7, 11) is 0. The monoisotopic (exact) mass is 313 g/mol. The second kappa shape index (κ2) is 9.23. The van der Waals surface area contributed by atoms with Crippen LogP contribution in [0.4, 0.5) is 0 Å². The molecule has 0 fully saturated rings. The average molecular weight is 313 g/mol. The molecule has 0 aliphatic heterocycles. The number of aromatic nitrogens is 3. The molecule has 1 heterocycles. The zero-order chi connectivity index (χ0) is 16.5. The van der Waals surface area contributed by atoms with Gasteiger partial charge >= 0.3 is 0 Å². The fourth-order valence-electron chi connectivity index (χ4n) is 2.62. The highest BCUT2D eigenvalue weighted by molar-refractivity contribution is 5.75. The fraction of sp³-hybridized carbons (Fsp3) is 0.526. The van der Waals surface area contributed by atoms with Crippen molar-refractivity contribution in [3.8, 4) is 11.3 Å². The molecule has 2 aromatic rings. The number of unbranched alkanes of at least 4 members (excludes halogenated alkanes) is 5. The van der Waals surface area contributed by atoms with Crippen LogP contribution in [0, 0.1) is 6.92 Å². The lowest BCUT2D eigenvalue weighted by Gasteiger charge is -2.01. The van der Waals surface area contributed by atoms with Gasteiger partial charge in [0.15, 0.2) is 0 Å². The molecule has 0 atom stereocenters. The Hall–Kier alpha value is -1.97. The van der Waals surface area contributed by atoms with Crippen LogP contribution in [0.1, 0.15) is 57.4 Å². The maximum Gasteiger partial charge on any atom is 0.129 e. The van der Waals surface area contributed by atoms with Gasteiger partial charge in [-0.1, -0.05) is 60.7 Å². The molecule has 4 heteroatoms. The normalized spacial score (nSPS) is 10.9. The van der Waals surface area contributed by atoms with E-state index in [0.29, 0.717) is 5.78 Å². The summed E-state index contributed by atoms with van der Waals surface area (Å²) in [5, 5.41) is 8.46. The van der Waals surface area contributed by atoms with Crippen molar-refractivity contribution in [3.05, 3.63) is 36.0 Å². The number of rotatable bonds is 10. The SMILES string of the molecule is CC(=O)CCCCCCCCn1cc(-c2ccc(C)cc2)nn1. The molecule has 1 aromatic carbocycles. The topological polar surface area (TPSA) is 47.8 Å². The highest BCUT2D eigenvalue weighted by Crippen LogP contribution is 2.16. The van der Waals surface area contributed by atoms with Gasteiger partial charge in [0.25, 0.3) is 0 Å². The molecule has 4 nitrogen and oxygen atoms in total. The molecule has 0 N–H and O–H groups in total. The van der Waals surface area contributed by atoms with Gasteiger partial charge in [-0.2, -0.15) is 0 Å². The molecule has 0 aliphatic rings. The van der Waals surface area contributed by atoms with Crippen LogP contribution in [0.5, 0.6) is 0 Å². The number of hydrogen-bond acceptors (Lipinski definition) is 3. The van der Waals surface area contributed by atoms with Crippen molar-refractivity contribution in [2.75, 3.05) is 0 Å². The molecule has 0 saturated heterocycles. The van der Waals surface area contributed by atoms with E-state index < -0.39 is 0 Å². The Morgan fingerprint density at radius 2 is 1.65 bits per heavy atom. The number of carbonyl (C=O) groups is 1. The first-order chi connectivity index (χ1) is 11.1. The number of ketones is 1. The summed E-state index contributed by atoms with van der Waals surface area (Å²) in [5.41, 5.74) is 3.31. The lowest BCUT2D eigenvalue weighted by atomic mass is 10.1. The van der Waals surface area contributed by atoms with Gasteiger partial charge in [0.1, 0.15) is 11.5 Å². The van der Waals surface area contributed by atoms with Gasteiger partial charge in [0.2, 0.25) is 0 Å². The van der Waals surface area contributed by atoms with Gasteiger partial charge in [-0.05, 0) is 26.7 Å². The third-order valence-corrected chi connectivity index (χ3v) is 4.05. The maximum absolute atomic E-state index is 10.8. The molecule has 0 radical (unpaired) electrons. The quantitative estimate of drug-likeness (QED) is 0.603. The molecular weight excluding hydrogens is 286 g/mol. The molecule has 0 amide bonds. The van der Waals surface area contributed by atoms with Crippen LogP contribution in [-0.4, -0.2) is 20.8 Å². The summed E-state index contributed by atoms with van der Waals surface area (Å²) in [6.45, 7) is 4.68. The van der Waals surface area contributed by atoms with Crippen LogP contribution >= 0.6 is 0 Å². The Morgan fingerprint density at radius 1 is 1.00 bits per heavy atom. The Bertz CT molecular complexity index is 601. The molecule has 0 bridgehead atoms. The summed E-state index contributed by atoms with van der Waals surface area (Å²) >= 11 is 0. The second-order valence-electron chi connectivity index (χ2n) is 6.31. The van der Waals surface area contributed by atoms with Gasteiger partial charge in [0.05, 0.1) is 6.20 Å². The minimum absolute atomic E-state index is 0.306. The van der Waals surface area contributed by atoms with Gasteiger partial charge in [-0.25, -0.2) is 0 Å². The lowest BCUT2D eigenvalue weighted by molar-refractivity contribution is -0.117. The zero-order valence-electron chi connectivity index (χ0n) is 14.3. The maximum atomic E-state index is 10.8. The standard InChI is InChI=1S/C19H27N3O/c1-16-10-12-18(13-11-16)19-15-22(21-20-19)14-8-6-4-3-5-7-9-17(2)23/h10-13,15H,3-9,14H2,1-2H3. The third-order valence-electron chi connectivity index (χ3n) is 4.05. The molecule has 2 rings (SSSR count). The Kier molecular flexibility index (Phi) is 6.98. The van der Waals surface area contributed by atoms with Crippen molar-refractivity contribution in [2.24, 2.45) is 0 Å². The molecule has 124 valence electrons. The van der Waals surface area contributed by atoms with Crippen LogP contribution < -0.4 is 0 Å². The number of hydrogen-bond donors (Lipinski definition) is 0. The van der Waals surface area contributed by atoms with Gasteiger partial charge < -0.3 is 4.79 Å². The molecular formula is C19H27N3O. The Balaban J connectivity index is 1.63. The van der Waals surface area contributed by atoms with Crippen molar-refractivity contribution in [2.45, 2.75) is 65.3 Å². The summed E-state index contributed by atoms with van der Waals surface area (Å²) < 4.78 is 1.94. The number of benzene rings is 1. The molecule has 1 aromatic heterocycles. The van der Waals surface area contributed by atoms with Crippen LogP contribution in [0.2, 0.25) is 0 Å². The van der Waals surface area contributed by atoms with Crippen LogP contribution in [0.3, 0.4) is 0 Å². The predicted molar refractivity (Wildman–Crippen MR) is 93.2 cm³/mol. The van der Waals surface area contributed by atoms with Crippen molar-refractivity contribution in [1.82, 2.24) is 15.0 Å². The second-order valence-corrected chi connectivity index (χ2v) is 6.31. The van der Waals surface area contributed by atoms with Crippen LogP contribution in [0.25, 0.3) is 11.3 Å². The first kappa shape index (κ1) is 17.4. The van der Waals surface area contributed by atoms with Gasteiger partial charge in [-0.3, -0.25) is 4.68 Å². The van der Waals surface area contributed by atoms with E-state index in [1.165, 1.54) is 31.2 Å². The summed E-state index contributed by atoms with van der Waals surface area (Å²) in [6, 6.07) is 8.37.